The first-order valence-corrected chi connectivity index (χ1v) is 7.48. The molecule has 0 heterocycles. The SMILES string of the molecule is NC(=O)c1ccc(NC(=O)COC(=O)c2ccc(F)cc2Br)cc1. The molecule has 0 fully saturated rings. The quantitative estimate of drug-likeness (QED) is 0.760. The van der Waals surface area contributed by atoms with Crippen molar-refractivity contribution < 1.29 is 23.5 Å². The van der Waals surface area contributed by atoms with Crippen LogP contribution in [-0.4, -0.2) is 24.4 Å². The molecule has 0 aliphatic rings. The predicted octanol–water partition coefficient (Wildman–Crippen LogP) is 2.48. The molecule has 0 atom stereocenters. The van der Waals surface area contributed by atoms with Crippen LogP contribution in [0.2, 0.25) is 0 Å². The van der Waals surface area contributed by atoms with Crippen LogP contribution in [0.3, 0.4) is 0 Å². The highest BCUT2D eigenvalue weighted by atomic mass is 79.9. The molecule has 3 N–H and O–H groups in total. The maximum atomic E-state index is 13.0. The Morgan fingerprint density at radius 1 is 1.12 bits per heavy atom. The molecule has 0 saturated heterocycles. The Morgan fingerprint density at radius 2 is 1.79 bits per heavy atom. The number of carbonyl (C=O) groups excluding carboxylic acids is 3. The van der Waals surface area contributed by atoms with Crippen molar-refractivity contribution in [2.75, 3.05) is 11.9 Å². The van der Waals surface area contributed by atoms with Crippen LogP contribution in [0.15, 0.2) is 46.9 Å². The van der Waals surface area contributed by atoms with Crippen molar-refractivity contribution in [3.05, 3.63) is 63.9 Å². The lowest BCUT2D eigenvalue weighted by Gasteiger charge is -2.08. The van der Waals surface area contributed by atoms with Crippen LogP contribution in [0.1, 0.15) is 20.7 Å². The number of ether oxygens (including phenoxy) is 1. The average Bonchev–Trinajstić information content (AvgIpc) is 2.53. The summed E-state index contributed by atoms with van der Waals surface area (Å²) in [5.41, 5.74) is 5.94. The zero-order valence-corrected chi connectivity index (χ0v) is 13.8. The summed E-state index contributed by atoms with van der Waals surface area (Å²) in [6.07, 6.45) is 0. The van der Waals surface area contributed by atoms with Gasteiger partial charge in [-0.1, -0.05) is 0 Å². The molecular weight excluding hydrogens is 383 g/mol. The minimum absolute atomic E-state index is 0.106. The Kier molecular flexibility index (Phi) is 5.64. The number of nitrogens with one attached hydrogen (secondary N) is 1. The molecule has 2 aromatic rings. The molecule has 0 saturated carbocycles. The first-order valence-electron chi connectivity index (χ1n) is 6.68. The number of esters is 1. The summed E-state index contributed by atoms with van der Waals surface area (Å²) in [5.74, 6) is -2.41. The van der Waals surface area contributed by atoms with Gasteiger partial charge in [-0.05, 0) is 58.4 Å². The Morgan fingerprint density at radius 3 is 2.38 bits per heavy atom. The van der Waals surface area contributed by atoms with Crippen molar-refractivity contribution in [3.63, 3.8) is 0 Å². The van der Waals surface area contributed by atoms with Gasteiger partial charge in [0.25, 0.3) is 5.91 Å². The van der Waals surface area contributed by atoms with Gasteiger partial charge in [0.2, 0.25) is 5.91 Å². The van der Waals surface area contributed by atoms with E-state index in [2.05, 4.69) is 21.2 Å². The van der Waals surface area contributed by atoms with E-state index in [9.17, 15) is 18.8 Å². The standard InChI is InChI=1S/C16H12BrFN2O4/c17-13-7-10(18)3-6-12(13)16(23)24-8-14(21)20-11-4-1-9(2-5-11)15(19)22/h1-7H,8H2,(H2,19,22)(H,20,21). The molecule has 124 valence electrons. The molecule has 2 rings (SSSR count). The van der Waals surface area contributed by atoms with E-state index >= 15 is 0 Å². The van der Waals surface area contributed by atoms with Crippen LogP contribution in [0.25, 0.3) is 0 Å². The molecule has 0 aromatic heterocycles. The van der Waals surface area contributed by atoms with Crippen LogP contribution >= 0.6 is 15.9 Å². The summed E-state index contributed by atoms with van der Waals surface area (Å²) in [6.45, 7) is -0.514. The van der Waals surface area contributed by atoms with E-state index in [-0.39, 0.29) is 10.0 Å². The van der Waals surface area contributed by atoms with Gasteiger partial charge in [0.1, 0.15) is 5.82 Å². The molecule has 2 aromatic carbocycles. The van der Waals surface area contributed by atoms with Gasteiger partial charge in [-0.3, -0.25) is 9.59 Å². The average molecular weight is 395 g/mol. The zero-order chi connectivity index (χ0) is 17.7. The lowest BCUT2D eigenvalue weighted by Crippen LogP contribution is -2.21. The fourth-order valence-electron chi connectivity index (χ4n) is 1.78. The molecule has 2 amide bonds. The number of anilines is 1. The topological polar surface area (TPSA) is 98.5 Å². The largest absolute Gasteiger partial charge is 0.452 e. The van der Waals surface area contributed by atoms with Crippen LogP contribution in [0.5, 0.6) is 0 Å². The molecule has 0 spiro atoms. The predicted molar refractivity (Wildman–Crippen MR) is 88.0 cm³/mol. The van der Waals surface area contributed by atoms with Crippen LogP contribution < -0.4 is 11.1 Å². The summed E-state index contributed by atoms with van der Waals surface area (Å²) >= 11 is 3.05. The number of rotatable bonds is 5. The highest BCUT2D eigenvalue weighted by Gasteiger charge is 2.14. The van der Waals surface area contributed by atoms with E-state index in [1.54, 1.807) is 0 Å². The molecule has 8 heteroatoms. The summed E-state index contributed by atoms with van der Waals surface area (Å²) in [7, 11) is 0. The van der Waals surface area contributed by atoms with Crippen LogP contribution in [0, 0.1) is 5.82 Å². The Bertz CT molecular complexity index is 793. The van der Waals surface area contributed by atoms with E-state index in [1.165, 1.54) is 30.3 Å². The van der Waals surface area contributed by atoms with Gasteiger partial charge in [0.05, 0.1) is 5.56 Å². The number of primary amides is 1. The van der Waals surface area contributed by atoms with Crippen LogP contribution in [0.4, 0.5) is 10.1 Å². The van der Waals surface area contributed by atoms with E-state index in [0.717, 1.165) is 12.1 Å². The zero-order valence-electron chi connectivity index (χ0n) is 12.2. The van der Waals surface area contributed by atoms with E-state index in [0.29, 0.717) is 11.3 Å². The van der Waals surface area contributed by atoms with Crippen molar-refractivity contribution in [2.24, 2.45) is 5.73 Å². The lowest BCUT2D eigenvalue weighted by molar-refractivity contribution is -0.119. The van der Waals surface area contributed by atoms with Crippen molar-refractivity contribution in [2.45, 2.75) is 0 Å². The summed E-state index contributed by atoms with van der Waals surface area (Å²) in [4.78, 5) is 34.5. The van der Waals surface area contributed by atoms with Gasteiger partial charge in [0.15, 0.2) is 6.61 Å². The molecule has 24 heavy (non-hydrogen) atoms. The van der Waals surface area contributed by atoms with Crippen LogP contribution in [-0.2, 0) is 9.53 Å². The monoisotopic (exact) mass is 394 g/mol. The maximum Gasteiger partial charge on any atom is 0.339 e. The van der Waals surface area contributed by atoms with Crippen molar-refractivity contribution >= 4 is 39.4 Å². The Labute approximate surface area is 144 Å². The second-order valence-electron chi connectivity index (χ2n) is 4.69. The highest BCUT2D eigenvalue weighted by Crippen LogP contribution is 2.19. The van der Waals surface area contributed by atoms with Crippen molar-refractivity contribution in [1.29, 1.82) is 0 Å². The smallest absolute Gasteiger partial charge is 0.339 e. The molecule has 0 unspecified atom stereocenters. The minimum Gasteiger partial charge on any atom is -0.452 e. The highest BCUT2D eigenvalue weighted by molar-refractivity contribution is 9.10. The number of nitrogens with two attached hydrogens (primary N) is 1. The second kappa shape index (κ2) is 7.69. The first kappa shape index (κ1) is 17.6. The molecule has 0 aliphatic carbocycles. The van der Waals surface area contributed by atoms with Gasteiger partial charge >= 0.3 is 5.97 Å². The third kappa shape index (κ3) is 4.63. The van der Waals surface area contributed by atoms with Gasteiger partial charge in [-0.2, -0.15) is 0 Å². The molecule has 0 radical (unpaired) electrons. The fourth-order valence-corrected chi connectivity index (χ4v) is 2.29. The number of carbonyl (C=O) groups is 3. The molecular formula is C16H12BrFN2O4. The van der Waals surface area contributed by atoms with E-state index in [1.807, 2.05) is 0 Å². The first-order chi connectivity index (χ1) is 11.4. The van der Waals surface area contributed by atoms with Crippen molar-refractivity contribution in [1.82, 2.24) is 0 Å². The Hall–Kier alpha value is -2.74. The van der Waals surface area contributed by atoms with E-state index in [4.69, 9.17) is 10.5 Å². The number of halogens is 2. The van der Waals surface area contributed by atoms with Crippen molar-refractivity contribution in [3.8, 4) is 0 Å². The Balaban J connectivity index is 1.90. The van der Waals surface area contributed by atoms with E-state index < -0.39 is 30.2 Å². The summed E-state index contributed by atoms with van der Waals surface area (Å²) in [5, 5.41) is 2.50. The number of benzene rings is 2. The summed E-state index contributed by atoms with van der Waals surface area (Å²) < 4.78 is 18.1. The molecule has 0 bridgehead atoms. The van der Waals surface area contributed by atoms with Gasteiger partial charge < -0.3 is 15.8 Å². The fraction of sp³-hybridized carbons (Fsp3) is 0.0625. The van der Waals surface area contributed by atoms with Gasteiger partial charge in [-0.15, -0.1) is 0 Å². The van der Waals surface area contributed by atoms with Gasteiger partial charge in [-0.25, -0.2) is 9.18 Å². The third-order valence-corrected chi connectivity index (χ3v) is 3.59. The maximum absolute atomic E-state index is 13.0. The number of amides is 2. The van der Waals surface area contributed by atoms with Gasteiger partial charge in [0, 0.05) is 15.7 Å². The normalized spacial score (nSPS) is 10.1. The minimum atomic E-state index is -0.763. The molecule has 6 nitrogen and oxygen atoms in total. The lowest BCUT2D eigenvalue weighted by atomic mass is 10.2. The second-order valence-corrected chi connectivity index (χ2v) is 5.54. The number of hydrogen-bond donors (Lipinski definition) is 2. The third-order valence-electron chi connectivity index (χ3n) is 2.94. The molecule has 0 aliphatic heterocycles. The summed E-state index contributed by atoms with van der Waals surface area (Å²) in [6, 6.07) is 9.40. The number of hydrogen-bond acceptors (Lipinski definition) is 4.